The molecule has 3 heterocycles. The summed E-state index contributed by atoms with van der Waals surface area (Å²) < 4.78 is 25.5. The van der Waals surface area contributed by atoms with E-state index in [9.17, 15) is 19.8 Å². The van der Waals surface area contributed by atoms with Crippen LogP contribution in [0.4, 0.5) is 0 Å². The highest BCUT2D eigenvalue weighted by Crippen LogP contribution is 2.69. The van der Waals surface area contributed by atoms with Crippen molar-refractivity contribution >= 4 is 11.6 Å². The van der Waals surface area contributed by atoms with E-state index in [4.69, 9.17) is 18.9 Å². The molecule has 1 saturated carbocycles. The largest absolute Gasteiger partial charge is 0.507 e. The van der Waals surface area contributed by atoms with Crippen LogP contribution >= 0.6 is 0 Å². The maximum absolute atomic E-state index is 14.4. The number of aliphatic hydroxyl groups is 1. The number of methoxy groups -OCH3 is 1. The molecule has 4 bridgehead atoms. The second-order valence-electron chi connectivity index (χ2n) is 12.5. The Morgan fingerprint density at radius 1 is 1.27 bits per heavy atom. The molecule has 0 amide bonds. The van der Waals surface area contributed by atoms with Gasteiger partial charge in [0.05, 0.1) is 11.2 Å². The molecule has 8 nitrogen and oxygen atoms in total. The molecule has 7 rings (SSSR count). The van der Waals surface area contributed by atoms with Gasteiger partial charge in [0.15, 0.2) is 17.0 Å². The van der Waals surface area contributed by atoms with Crippen molar-refractivity contribution in [3.63, 3.8) is 0 Å². The lowest BCUT2D eigenvalue weighted by Gasteiger charge is -2.59. The summed E-state index contributed by atoms with van der Waals surface area (Å²) in [5.74, 6) is -0.757. The van der Waals surface area contributed by atoms with Crippen LogP contribution in [0.25, 0.3) is 0 Å². The molecule has 5 atom stereocenters. The third-order valence-corrected chi connectivity index (χ3v) is 9.07. The summed E-state index contributed by atoms with van der Waals surface area (Å²) in [5.41, 5.74) is -4.28. The number of ether oxygens (including phenoxy) is 4. The minimum atomic E-state index is -1.50. The van der Waals surface area contributed by atoms with Crippen molar-refractivity contribution in [1.82, 2.24) is 0 Å². The number of hydrogen-bond acceptors (Lipinski definition) is 8. The summed E-state index contributed by atoms with van der Waals surface area (Å²) in [6.45, 7) is 11.0. The van der Waals surface area contributed by atoms with Gasteiger partial charge in [-0.25, -0.2) is 0 Å². The number of ketones is 2. The first-order valence-corrected chi connectivity index (χ1v) is 12.8. The molecule has 1 aromatic carbocycles. The fourth-order valence-corrected chi connectivity index (χ4v) is 7.25. The van der Waals surface area contributed by atoms with Crippen LogP contribution < -0.4 is 9.47 Å². The first-order valence-electron chi connectivity index (χ1n) is 12.8. The van der Waals surface area contributed by atoms with E-state index in [1.54, 1.807) is 19.9 Å². The number of phenols is 1. The van der Waals surface area contributed by atoms with Gasteiger partial charge in [-0.05, 0) is 54.0 Å². The lowest BCUT2D eigenvalue weighted by molar-refractivity contribution is -0.189. The molecule has 0 aromatic heterocycles. The quantitative estimate of drug-likeness (QED) is 0.591. The number of benzene rings is 1. The Kier molecular flexibility index (Phi) is 4.69. The molecule has 198 valence electrons. The molecule has 5 unspecified atom stereocenters. The molecular formula is C29H34O8. The normalized spacial score (nSPS) is 36.3. The summed E-state index contributed by atoms with van der Waals surface area (Å²) in [6, 6.07) is 1.41. The fraction of sp³-hybridized carbons (Fsp3) is 0.586. The SMILES string of the molecule is COC12C=C3C(=O)c4c(O)cc5c(c4OC34C(C1)C(C)(C)OC4(CC=C(C)C)C2=O)CC(C(C)(C)O)O5. The Morgan fingerprint density at radius 3 is 2.59 bits per heavy atom. The number of phenolic OH excluding ortho intramolecular Hbond substituents is 1. The zero-order chi connectivity index (χ0) is 26.9. The number of Topliss-reactive ketones (excluding diaryl/α,β-unsaturated/α-hetero) is 2. The van der Waals surface area contributed by atoms with Gasteiger partial charge in [0, 0.05) is 43.1 Å². The average molecular weight is 511 g/mol. The standard InChI is InChI=1S/C29H34O8/c1-14(2)8-9-28-24(32)27(34-7)12-16-22(31)21-17(30)11-18-15(10-20(35-18)25(3,4)33)23(21)36-29(16,28)19(13-27)26(5,6)37-28/h8,11-12,19-20,30,33H,9-10,13H2,1-7H3. The van der Waals surface area contributed by atoms with E-state index in [2.05, 4.69) is 0 Å². The van der Waals surface area contributed by atoms with Gasteiger partial charge in [0.1, 0.15) is 34.5 Å². The highest BCUT2D eigenvalue weighted by atomic mass is 16.6. The predicted octanol–water partition coefficient (Wildman–Crippen LogP) is 3.60. The Bertz CT molecular complexity index is 1330. The van der Waals surface area contributed by atoms with Gasteiger partial charge in [-0.15, -0.1) is 0 Å². The smallest absolute Gasteiger partial charge is 0.205 e. The summed E-state index contributed by atoms with van der Waals surface area (Å²) in [7, 11) is 1.48. The summed E-state index contributed by atoms with van der Waals surface area (Å²) >= 11 is 0. The van der Waals surface area contributed by atoms with E-state index >= 15 is 0 Å². The van der Waals surface area contributed by atoms with Crippen molar-refractivity contribution in [1.29, 1.82) is 0 Å². The number of allylic oxidation sites excluding steroid dienone is 1. The molecule has 8 heteroatoms. The summed E-state index contributed by atoms with van der Waals surface area (Å²) in [5, 5.41) is 21.6. The zero-order valence-electron chi connectivity index (χ0n) is 22.4. The van der Waals surface area contributed by atoms with E-state index in [0.717, 1.165) is 5.57 Å². The molecular weight excluding hydrogens is 476 g/mol. The van der Waals surface area contributed by atoms with E-state index in [1.165, 1.54) is 13.2 Å². The van der Waals surface area contributed by atoms with Crippen molar-refractivity contribution in [3.8, 4) is 17.2 Å². The third-order valence-electron chi connectivity index (χ3n) is 9.07. The van der Waals surface area contributed by atoms with E-state index in [0.29, 0.717) is 23.3 Å². The molecule has 3 aliphatic heterocycles. The van der Waals surface area contributed by atoms with E-state index in [-0.39, 0.29) is 41.6 Å². The van der Waals surface area contributed by atoms with Gasteiger partial charge < -0.3 is 29.2 Å². The number of carbonyl (C=O) groups is 2. The number of hydrogen-bond donors (Lipinski definition) is 2. The molecule has 1 spiro atoms. The number of rotatable bonds is 4. The highest BCUT2D eigenvalue weighted by molar-refractivity contribution is 6.19. The van der Waals surface area contributed by atoms with Crippen molar-refractivity contribution < 1.29 is 38.7 Å². The maximum atomic E-state index is 14.4. The van der Waals surface area contributed by atoms with Crippen LogP contribution in [0.1, 0.15) is 70.3 Å². The van der Waals surface area contributed by atoms with Crippen LogP contribution in [0.2, 0.25) is 0 Å². The zero-order valence-corrected chi connectivity index (χ0v) is 22.4. The predicted molar refractivity (Wildman–Crippen MR) is 133 cm³/mol. The van der Waals surface area contributed by atoms with Gasteiger partial charge in [0.25, 0.3) is 0 Å². The van der Waals surface area contributed by atoms with E-state index < -0.39 is 39.9 Å². The molecule has 2 fully saturated rings. The maximum Gasteiger partial charge on any atom is 0.205 e. The number of carbonyl (C=O) groups excluding carboxylic acids is 2. The Labute approximate surface area is 216 Å². The van der Waals surface area contributed by atoms with Crippen LogP contribution in [0, 0.1) is 5.92 Å². The van der Waals surface area contributed by atoms with E-state index in [1.807, 2.05) is 33.8 Å². The summed E-state index contributed by atoms with van der Waals surface area (Å²) in [4.78, 5) is 28.6. The molecule has 6 aliphatic rings. The first kappa shape index (κ1) is 24.6. The lowest BCUT2D eigenvalue weighted by atomic mass is 9.49. The highest BCUT2D eigenvalue weighted by Gasteiger charge is 2.84. The van der Waals surface area contributed by atoms with Gasteiger partial charge in [-0.1, -0.05) is 11.6 Å². The van der Waals surface area contributed by atoms with Crippen molar-refractivity contribution in [2.75, 3.05) is 7.11 Å². The molecule has 37 heavy (non-hydrogen) atoms. The Balaban J connectivity index is 1.64. The number of fused-ring (bicyclic) bond motifs is 3. The van der Waals surface area contributed by atoms with Crippen LogP contribution in [0.15, 0.2) is 29.4 Å². The van der Waals surface area contributed by atoms with Crippen LogP contribution in [0.5, 0.6) is 17.2 Å². The monoisotopic (exact) mass is 510 g/mol. The van der Waals surface area contributed by atoms with Crippen molar-refractivity contribution in [3.05, 3.63) is 40.5 Å². The number of aromatic hydroxyl groups is 1. The topological polar surface area (TPSA) is 112 Å². The van der Waals surface area contributed by atoms with Crippen LogP contribution in [-0.4, -0.2) is 63.0 Å². The second kappa shape index (κ2) is 7.04. The van der Waals surface area contributed by atoms with Gasteiger partial charge in [0.2, 0.25) is 5.78 Å². The average Bonchev–Trinajstić information content (AvgIpc) is 3.30. The first-order chi connectivity index (χ1) is 17.1. The van der Waals surface area contributed by atoms with Crippen LogP contribution in [0.3, 0.4) is 0 Å². The third kappa shape index (κ3) is 2.79. The Morgan fingerprint density at radius 2 is 1.97 bits per heavy atom. The minimum Gasteiger partial charge on any atom is -0.507 e. The van der Waals surface area contributed by atoms with Gasteiger partial charge in [-0.3, -0.25) is 9.59 Å². The fourth-order valence-electron chi connectivity index (χ4n) is 7.25. The summed E-state index contributed by atoms with van der Waals surface area (Å²) in [6.07, 6.45) is 3.76. The molecule has 2 N–H and O–H groups in total. The van der Waals surface area contributed by atoms with Gasteiger partial charge >= 0.3 is 0 Å². The lowest BCUT2D eigenvalue weighted by Crippen LogP contribution is -2.77. The van der Waals surface area contributed by atoms with Crippen LogP contribution in [-0.2, 0) is 20.7 Å². The second-order valence-corrected chi connectivity index (χ2v) is 12.5. The minimum absolute atomic E-state index is 0.0384. The Hall–Kier alpha value is -2.68. The molecule has 3 aliphatic carbocycles. The van der Waals surface area contributed by atoms with Gasteiger partial charge in [-0.2, -0.15) is 0 Å². The molecule has 0 radical (unpaired) electrons. The molecule has 1 aromatic rings. The molecule has 1 saturated heterocycles. The van der Waals surface area contributed by atoms with Crippen molar-refractivity contribution in [2.24, 2.45) is 5.92 Å². The van der Waals surface area contributed by atoms with Crippen molar-refractivity contribution in [2.45, 2.75) is 94.9 Å².